The van der Waals surface area contributed by atoms with Gasteiger partial charge in [0.1, 0.15) is 12.6 Å². The number of hydrogen-bond acceptors (Lipinski definition) is 4. The largest absolute Gasteiger partial charge is 0.481 e. The fourth-order valence-corrected chi connectivity index (χ4v) is 1.15. The zero-order valence-corrected chi connectivity index (χ0v) is 9.64. The van der Waals surface area contributed by atoms with Crippen LogP contribution in [0.3, 0.4) is 0 Å². The predicted octanol–water partition coefficient (Wildman–Crippen LogP) is -0.153. The van der Waals surface area contributed by atoms with Crippen molar-refractivity contribution < 1.29 is 29.3 Å². The molecule has 0 aliphatic rings. The van der Waals surface area contributed by atoms with E-state index in [1.807, 2.05) is 0 Å². The first kappa shape index (κ1) is 15.4. The van der Waals surface area contributed by atoms with Gasteiger partial charge in [0, 0.05) is 13.0 Å². The fourth-order valence-electron chi connectivity index (χ4n) is 1.15. The summed E-state index contributed by atoms with van der Waals surface area (Å²) >= 11 is 0. The van der Waals surface area contributed by atoms with Gasteiger partial charge in [0.25, 0.3) is 0 Å². The van der Waals surface area contributed by atoms with Crippen LogP contribution in [0.4, 0.5) is 0 Å². The van der Waals surface area contributed by atoms with E-state index >= 15 is 0 Å². The number of ether oxygens (including phenoxy) is 1. The Labute approximate surface area is 98.8 Å². The Hall–Kier alpha value is -1.63. The average molecular weight is 247 g/mol. The Bertz CT molecular complexity index is 278. The Kier molecular flexibility index (Phi) is 7.70. The molecule has 0 aromatic carbocycles. The summed E-state index contributed by atoms with van der Waals surface area (Å²) in [5, 5.41) is 19.5. The highest BCUT2D eigenvalue weighted by Crippen LogP contribution is 2.01. The summed E-state index contributed by atoms with van der Waals surface area (Å²) < 4.78 is 4.82. The molecule has 0 unspecified atom stereocenters. The van der Waals surface area contributed by atoms with Gasteiger partial charge in [-0.2, -0.15) is 0 Å². The van der Waals surface area contributed by atoms with Gasteiger partial charge in [-0.15, -0.1) is 0 Å². The van der Waals surface area contributed by atoms with Crippen LogP contribution in [0.5, 0.6) is 0 Å². The van der Waals surface area contributed by atoms with Crippen molar-refractivity contribution in [3.8, 4) is 0 Å². The summed E-state index contributed by atoms with van der Waals surface area (Å²) in [5.74, 6) is -2.69. The molecule has 0 bridgehead atoms. The maximum atomic E-state index is 11.2. The SMILES string of the molecule is CCOCC(=O)N[C@H](CCCC(=O)O)C(=O)O. The van der Waals surface area contributed by atoms with E-state index in [4.69, 9.17) is 14.9 Å². The lowest BCUT2D eigenvalue weighted by atomic mass is 10.1. The minimum absolute atomic E-state index is 0.0828. The van der Waals surface area contributed by atoms with Gasteiger partial charge in [0.15, 0.2) is 0 Å². The second-order valence-electron chi connectivity index (χ2n) is 3.38. The molecule has 0 saturated heterocycles. The quantitative estimate of drug-likeness (QED) is 0.522. The lowest BCUT2D eigenvalue weighted by molar-refractivity contribution is -0.143. The lowest BCUT2D eigenvalue weighted by Gasteiger charge is -2.13. The molecule has 7 nitrogen and oxygen atoms in total. The molecule has 0 heterocycles. The molecule has 0 aromatic rings. The molecule has 0 aliphatic carbocycles. The molecule has 1 amide bonds. The van der Waals surface area contributed by atoms with Crippen molar-refractivity contribution in [1.29, 1.82) is 0 Å². The zero-order chi connectivity index (χ0) is 13.3. The van der Waals surface area contributed by atoms with Crippen molar-refractivity contribution in [2.24, 2.45) is 0 Å². The molecule has 0 rings (SSSR count). The van der Waals surface area contributed by atoms with Gasteiger partial charge in [0.2, 0.25) is 5.91 Å². The van der Waals surface area contributed by atoms with Crippen LogP contribution in [-0.2, 0) is 19.1 Å². The van der Waals surface area contributed by atoms with Gasteiger partial charge in [0.05, 0.1) is 0 Å². The van der Waals surface area contributed by atoms with Crippen LogP contribution in [0.25, 0.3) is 0 Å². The van der Waals surface area contributed by atoms with Crippen molar-refractivity contribution in [2.75, 3.05) is 13.2 Å². The second-order valence-corrected chi connectivity index (χ2v) is 3.38. The minimum Gasteiger partial charge on any atom is -0.481 e. The summed E-state index contributed by atoms with van der Waals surface area (Å²) in [5.41, 5.74) is 0. The van der Waals surface area contributed by atoms with Crippen LogP contribution in [-0.4, -0.2) is 47.3 Å². The number of carboxylic acid groups (broad SMARTS) is 2. The molecule has 0 aromatic heterocycles. The standard InChI is InChI=1S/C10H17NO6/c1-2-17-6-8(12)11-7(10(15)16)4-3-5-9(13)14/h7H,2-6H2,1H3,(H,11,12)(H,13,14)(H,15,16)/t7-/m1/s1. The van der Waals surface area contributed by atoms with E-state index in [0.717, 1.165) is 0 Å². The average Bonchev–Trinajstić information content (AvgIpc) is 2.24. The number of amides is 1. The molecule has 0 fully saturated rings. The van der Waals surface area contributed by atoms with E-state index in [2.05, 4.69) is 5.32 Å². The van der Waals surface area contributed by atoms with Gasteiger partial charge in [-0.05, 0) is 19.8 Å². The number of rotatable bonds is 9. The maximum absolute atomic E-state index is 11.2. The first-order valence-electron chi connectivity index (χ1n) is 5.29. The third kappa shape index (κ3) is 8.21. The van der Waals surface area contributed by atoms with Crippen molar-refractivity contribution >= 4 is 17.8 Å². The summed E-state index contributed by atoms with van der Waals surface area (Å²) in [4.78, 5) is 32.2. The van der Waals surface area contributed by atoms with E-state index in [1.165, 1.54) is 0 Å². The van der Waals surface area contributed by atoms with Gasteiger partial charge < -0.3 is 20.3 Å². The number of hydrogen-bond donors (Lipinski definition) is 3. The normalized spacial score (nSPS) is 11.8. The Balaban J connectivity index is 4.02. The van der Waals surface area contributed by atoms with Gasteiger partial charge in [-0.3, -0.25) is 9.59 Å². The van der Waals surface area contributed by atoms with Crippen molar-refractivity contribution in [2.45, 2.75) is 32.2 Å². The van der Waals surface area contributed by atoms with Crippen LogP contribution < -0.4 is 5.32 Å². The third-order valence-electron chi connectivity index (χ3n) is 1.95. The topological polar surface area (TPSA) is 113 Å². The monoisotopic (exact) mass is 247 g/mol. The highest BCUT2D eigenvalue weighted by atomic mass is 16.5. The van der Waals surface area contributed by atoms with Gasteiger partial charge in [-0.25, -0.2) is 4.79 Å². The van der Waals surface area contributed by atoms with Crippen molar-refractivity contribution in [1.82, 2.24) is 5.32 Å². The summed E-state index contributed by atoms with van der Waals surface area (Å²) in [7, 11) is 0. The highest BCUT2D eigenvalue weighted by Gasteiger charge is 2.19. The molecular weight excluding hydrogens is 230 g/mol. The van der Waals surface area contributed by atoms with Crippen LogP contribution >= 0.6 is 0 Å². The van der Waals surface area contributed by atoms with Crippen molar-refractivity contribution in [3.63, 3.8) is 0 Å². The van der Waals surface area contributed by atoms with E-state index in [0.29, 0.717) is 6.61 Å². The van der Waals surface area contributed by atoms with Crippen molar-refractivity contribution in [3.05, 3.63) is 0 Å². The van der Waals surface area contributed by atoms with Crippen LogP contribution in [0.1, 0.15) is 26.2 Å². The molecule has 3 N–H and O–H groups in total. The molecule has 0 spiro atoms. The van der Waals surface area contributed by atoms with Gasteiger partial charge >= 0.3 is 11.9 Å². The predicted molar refractivity (Wildman–Crippen MR) is 57.5 cm³/mol. The van der Waals surface area contributed by atoms with E-state index in [-0.39, 0.29) is 25.9 Å². The zero-order valence-electron chi connectivity index (χ0n) is 9.64. The summed E-state index contributed by atoms with van der Waals surface area (Å²) in [6.07, 6.45) is 0.159. The number of carboxylic acids is 2. The van der Waals surface area contributed by atoms with E-state index in [1.54, 1.807) is 6.92 Å². The molecule has 98 valence electrons. The molecule has 0 aliphatic heterocycles. The third-order valence-corrected chi connectivity index (χ3v) is 1.95. The maximum Gasteiger partial charge on any atom is 0.326 e. The number of carbonyl (C=O) groups is 3. The summed E-state index contributed by atoms with van der Waals surface area (Å²) in [6.45, 7) is 1.89. The first-order valence-corrected chi connectivity index (χ1v) is 5.29. The van der Waals surface area contributed by atoms with E-state index in [9.17, 15) is 14.4 Å². The van der Waals surface area contributed by atoms with Crippen LogP contribution in [0, 0.1) is 0 Å². The summed E-state index contributed by atoms with van der Waals surface area (Å²) in [6, 6.07) is -1.07. The second kappa shape index (κ2) is 8.51. The number of carbonyl (C=O) groups excluding carboxylic acids is 1. The molecule has 0 saturated carbocycles. The molecule has 1 atom stereocenters. The number of aliphatic carboxylic acids is 2. The molecule has 17 heavy (non-hydrogen) atoms. The van der Waals surface area contributed by atoms with Crippen LogP contribution in [0.2, 0.25) is 0 Å². The number of nitrogens with one attached hydrogen (secondary N) is 1. The molecule has 0 radical (unpaired) electrons. The fraction of sp³-hybridized carbons (Fsp3) is 0.700. The first-order chi connectivity index (χ1) is 7.97. The molecule has 7 heteroatoms. The minimum atomic E-state index is -1.18. The van der Waals surface area contributed by atoms with E-state index < -0.39 is 23.9 Å². The Morgan fingerprint density at radius 2 is 1.94 bits per heavy atom. The Morgan fingerprint density at radius 3 is 2.41 bits per heavy atom. The van der Waals surface area contributed by atoms with Crippen LogP contribution in [0.15, 0.2) is 0 Å². The van der Waals surface area contributed by atoms with Gasteiger partial charge in [-0.1, -0.05) is 0 Å². The lowest BCUT2D eigenvalue weighted by Crippen LogP contribution is -2.42. The smallest absolute Gasteiger partial charge is 0.326 e. The molecular formula is C10H17NO6. The Morgan fingerprint density at radius 1 is 1.29 bits per heavy atom. The highest BCUT2D eigenvalue weighted by molar-refractivity contribution is 5.84.